The predicted octanol–water partition coefficient (Wildman–Crippen LogP) is 2.11. The summed E-state index contributed by atoms with van der Waals surface area (Å²) < 4.78 is 40.6. The standard InChI is InChI=1S/C15H18ClFN2O3S/c1-10(20)18-7-11-2-3-12(9-18)19(8-11)23(21,22)13-4-5-15(17)14(16)6-13/h4-6,11-12H,2-3,7-9H2,1H3/t11-,12+/m0/s1. The molecule has 3 saturated heterocycles. The van der Waals surface area contributed by atoms with Gasteiger partial charge in [0.25, 0.3) is 0 Å². The van der Waals surface area contributed by atoms with Crippen LogP contribution in [0.25, 0.3) is 0 Å². The molecule has 3 aliphatic heterocycles. The third-order valence-corrected chi connectivity index (χ3v) is 6.81. The van der Waals surface area contributed by atoms with E-state index in [1.165, 1.54) is 17.3 Å². The van der Waals surface area contributed by atoms with Crippen LogP contribution in [0.1, 0.15) is 19.8 Å². The average Bonchev–Trinajstić information content (AvgIpc) is 2.82. The van der Waals surface area contributed by atoms with Crippen molar-refractivity contribution in [3.05, 3.63) is 29.0 Å². The monoisotopic (exact) mass is 360 g/mol. The molecule has 1 aromatic carbocycles. The quantitative estimate of drug-likeness (QED) is 0.811. The van der Waals surface area contributed by atoms with E-state index >= 15 is 0 Å². The molecule has 0 aromatic heterocycles. The first-order chi connectivity index (χ1) is 10.8. The van der Waals surface area contributed by atoms with Crippen LogP contribution >= 0.6 is 11.6 Å². The van der Waals surface area contributed by atoms with Crippen molar-refractivity contribution in [1.82, 2.24) is 9.21 Å². The van der Waals surface area contributed by atoms with Gasteiger partial charge in [0.2, 0.25) is 15.9 Å². The number of fused-ring (bicyclic) bond motifs is 4. The fourth-order valence-electron chi connectivity index (χ4n) is 3.36. The van der Waals surface area contributed by atoms with Gasteiger partial charge < -0.3 is 4.90 Å². The van der Waals surface area contributed by atoms with Crippen LogP contribution in [0.4, 0.5) is 4.39 Å². The number of nitrogens with zero attached hydrogens (tertiary/aromatic N) is 2. The zero-order chi connectivity index (χ0) is 16.8. The third-order valence-electron chi connectivity index (χ3n) is 4.61. The zero-order valence-electron chi connectivity index (χ0n) is 12.7. The summed E-state index contributed by atoms with van der Waals surface area (Å²) >= 11 is 5.72. The molecule has 0 aliphatic carbocycles. The Bertz CT molecular complexity index is 740. The largest absolute Gasteiger partial charge is 0.341 e. The van der Waals surface area contributed by atoms with E-state index in [0.717, 1.165) is 25.0 Å². The molecule has 1 amide bonds. The summed E-state index contributed by atoms with van der Waals surface area (Å²) in [4.78, 5) is 13.4. The lowest BCUT2D eigenvalue weighted by atomic mass is 9.97. The van der Waals surface area contributed by atoms with Crippen LogP contribution in [-0.4, -0.2) is 49.2 Å². The van der Waals surface area contributed by atoms with E-state index in [0.29, 0.717) is 19.6 Å². The molecule has 0 unspecified atom stereocenters. The van der Waals surface area contributed by atoms with Crippen molar-refractivity contribution >= 4 is 27.5 Å². The lowest BCUT2D eigenvalue weighted by molar-refractivity contribution is -0.129. The molecule has 23 heavy (non-hydrogen) atoms. The summed E-state index contributed by atoms with van der Waals surface area (Å²) in [6.07, 6.45) is 1.63. The van der Waals surface area contributed by atoms with Crippen LogP contribution in [-0.2, 0) is 14.8 Å². The van der Waals surface area contributed by atoms with Crippen LogP contribution in [0.15, 0.2) is 23.1 Å². The molecule has 1 aromatic rings. The van der Waals surface area contributed by atoms with Gasteiger partial charge in [-0.05, 0) is 37.0 Å². The first-order valence-electron chi connectivity index (χ1n) is 7.51. The normalized spacial score (nSPS) is 25.4. The third kappa shape index (κ3) is 3.09. The first kappa shape index (κ1) is 16.7. The van der Waals surface area contributed by atoms with E-state index in [-0.39, 0.29) is 27.8 Å². The molecular formula is C15H18ClFN2O3S. The van der Waals surface area contributed by atoms with Crippen molar-refractivity contribution in [1.29, 1.82) is 0 Å². The van der Waals surface area contributed by atoms with E-state index in [2.05, 4.69) is 0 Å². The van der Waals surface area contributed by atoms with Gasteiger partial charge >= 0.3 is 0 Å². The smallest absolute Gasteiger partial charge is 0.243 e. The summed E-state index contributed by atoms with van der Waals surface area (Å²) in [5.74, 6) is -0.555. The molecule has 8 heteroatoms. The van der Waals surface area contributed by atoms with Gasteiger partial charge in [-0.2, -0.15) is 4.31 Å². The number of carbonyl (C=O) groups is 1. The highest BCUT2D eigenvalue weighted by atomic mass is 35.5. The number of amides is 1. The molecule has 0 N–H and O–H groups in total. The highest BCUT2D eigenvalue weighted by Gasteiger charge is 2.41. The van der Waals surface area contributed by atoms with Gasteiger partial charge in [0, 0.05) is 32.6 Å². The number of sulfonamides is 1. The molecule has 5 nitrogen and oxygen atoms in total. The van der Waals surface area contributed by atoms with E-state index in [9.17, 15) is 17.6 Å². The second kappa shape index (κ2) is 6.03. The van der Waals surface area contributed by atoms with Crippen molar-refractivity contribution in [3.63, 3.8) is 0 Å². The first-order valence-corrected chi connectivity index (χ1v) is 9.33. The Morgan fingerprint density at radius 2 is 2.00 bits per heavy atom. The van der Waals surface area contributed by atoms with E-state index in [1.54, 1.807) is 4.90 Å². The van der Waals surface area contributed by atoms with Crippen LogP contribution in [0.5, 0.6) is 0 Å². The molecular weight excluding hydrogens is 343 g/mol. The predicted molar refractivity (Wildman–Crippen MR) is 84.1 cm³/mol. The van der Waals surface area contributed by atoms with Crippen molar-refractivity contribution in [2.24, 2.45) is 5.92 Å². The number of halogens is 2. The van der Waals surface area contributed by atoms with Crippen LogP contribution in [0, 0.1) is 11.7 Å². The van der Waals surface area contributed by atoms with Gasteiger partial charge in [0.15, 0.2) is 0 Å². The van der Waals surface area contributed by atoms with Crippen molar-refractivity contribution < 1.29 is 17.6 Å². The summed E-state index contributed by atoms with van der Waals surface area (Å²) in [6.45, 7) is 2.87. The maximum absolute atomic E-state index is 13.3. The Hall–Kier alpha value is -1.18. The number of benzene rings is 1. The number of rotatable bonds is 2. The molecule has 0 radical (unpaired) electrons. The summed E-state index contributed by atoms with van der Waals surface area (Å²) in [6, 6.07) is 3.20. The minimum atomic E-state index is -3.76. The van der Waals surface area contributed by atoms with Crippen molar-refractivity contribution in [3.8, 4) is 0 Å². The fraction of sp³-hybridized carbons (Fsp3) is 0.533. The van der Waals surface area contributed by atoms with Gasteiger partial charge in [0.05, 0.1) is 9.92 Å². The Labute approximate surface area is 140 Å². The second-order valence-corrected chi connectivity index (χ2v) is 8.47. The Kier molecular flexibility index (Phi) is 4.37. The molecule has 4 rings (SSSR count). The highest BCUT2D eigenvalue weighted by Crippen LogP contribution is 2.33. The molecule has 0 spiro atoms. The summed E-state index contributed by atoms with van der Waals surface area (Å²) in [5, 5.41) is -0.212. The van der Waals surface area contributed by atoms with Gasteiger partial charge in [-0.3, -0.25) is 4.79 Å². The minimum absolute atomic E-state index is 0.00850. The van der Waals surface area contributed by atoms with E-state index in [4.69, 9.17) is 11.6 Å². The SMILES string of the molecule is CC(=O)N1C[C@@H]2CC[C@H](C1)N(S(=O)(=O)c1ccc(F)c(Cl)c1)C2. The van der Waals surface area contributed by atoms with Crippen LogP contribution < -0.4 is 0 Å². The topological polar surface area (TPSA) is 57.7 Å². The lowest BCUT2D eigenvalue weighted by Crippen LogP contribution is -2.47. The Morgan fingerprint density at radius 3 is 2.65 bits per heavy atom. The second-order valence-electron chi connectivity index (χ2n) is 6.17. The molecule has 0 saturated carbocycles. The van der Waals surface area contributed by atoms with Crippen molar-refractivity contribution in [2.45, 2.75) is 30.7 Å². The number of hydrogen-bond donors (Lipinski definition) is 0. The maximum Gasteiger partial charge on any atom is 0.243 e. The molecule has 3 aliphatic rings. The van der Waals surface area contributed by atoms with Crippen LogP contribution in [0.3, 0.4) is 0 Å². The molecule has 2 atom stereocenters. The van der Waals surface area contributed by atoms with E-state index < -0.39 is 15.8 Å². The Morgan fingerprint density at radius 1 is 1.26 bits per heavy atom. The van der Waals surface area contributed by atoms with Gasteiger partial charge in [-0.25, -0.2) is 12.8 Å². The average molecular weight is 361 g/mol. The van der Waals surface area contributed by atoms with Crippen molar-refractivity contribution in [2.75, 3.05) is 19.6 Å². The van der Waals surface area contributed by atoms with Crippen LogP contribution in [0.2, 0.25) is 5.02 Å². The number of piperidine rings is 1. The van der Waals surface area contributed by atoms with E-state index in [1.807, 2.05) is 0 Å². The maximum atomic E-state index is 13.3. The number of hydrogen-bond acceptors (Lipinski definition) is 3. The molecule has 3 fully saturated rings. The molecule has 2 bridgehead atoms. The Balaban J connectivity index is 1.94. The van der Waals surface area contributed by atoms with Gasteiger partial charge in [0.1, 0.15) is 5.82 Å². The highest BCUT2D eigenvalue weighted by molar-refractivity contribution is 7.89. The lowest BCUT2D eigenvalue weighted by Gasteiger charge is -2.34. The summed E-state index contributed by atoms with van der Waals surface area (Å²) in [5.41, 5.74) is 0. The summed E-state index contributed by atoms with van der Waals surface area (Å²) in [7, 11) is -3.76. The molecule has 126 valence electrons. The minimum Gasteiger partial charge on any atom is -0.341 e. The van der Waals surface area contributed by atoms with Gasteiger partial charge in [-0.1, -0.05) is 11.6 Å². The number of carbonyl (C=O) groups excluding carboxylic acids is 1. The van der Waals surface area contributed by atoms with Gasteiger partial charge in [-0.15, -0.1) is 0 Å². The molecule has 3 heterocycles. The zero-order valence-corrected chi connectivity index (χ0v) is 14.3. The fourth-order valence-corrected chi connectivity index (χ4v) is 5.36.